The molecule has 0 radical (unpaired) electrons. The van der Waals surface area contributed by atoms with Crippen LogP contribution in [0.3, 0.4) is 0 Å². The summed E-state index contributed by atoms with van der Waals surface area (Å²) in [4.78, 5) is 13.8. The average Bonchev–Trinajstić information content (AvgIpc) is 2.37. The Morgan fingerprint density at radius 3 is 2.53 bits per heavy atom. The van der Waals surface area contributed by atoms with Gasteiger partial charge in [0.25, 0.3) is 0 Å². The molecule has 2 unspecified atom stereocenters. The number of benzene rings is 1. The fourth-order valence-electron chi connectivity index (χ4n) is 1.91. The molecule has 0 bridgehead atoms. The normalized spacial score (nSPS) is 13.3. The average molecular weight is 305 g/mol. The van der Waals surface area contributed by atoms with Crippen molar-refractivity contribution in [1.29, 1.82) is 0 Å². The number of amides is 1. The molecule has 0 heterocycles. The molecule has 0 saturated carbocycles. The van der Waals surface area contributed by atoms with Crippen LogP contribution in [0.1, 0.15) is 38.3 Å². The van der Waals surface area contributed by atoms with E-state index in [0.29, 0.717) is 11.4 Å². The molecule has 0 aliphatic heterocycles. The molecule has 1 aromatic rings. The molecule has 0 spiro atoms. The molecule has 0 saturated heterocycles. The highest BCUT2D eigenvalue weighted by Crippen LogP contribution is 2.26. The summed E-state index contributed by atoms with van der Waals surface area (Å²) in [5.41, 5.74) is 6.80. The highest BCUT2D eigenvalue weighted by Gasteiger charge is 2.23. The van der Waals surface area contributed by atoms with E-state index in [0.717, 1.165) is 12.0 Å². The zero-order valence-electron chi connectivity index (χ0n) is 11.6. The Hall–Kier alpha value is -0.770. The number of hydrogen-bond acceptors (Lipinski definition) is 2. The minimum absolute atomic E-state index is 0. The zero-order valence-corrected chi connectivity index (χ0v) is 13.2. The van der Waals surface area contributed by atoms with Crippen molar-refractivity contribution in [1.82, 2.24) is 4.90 Å². The van der Waals surface area contributed by atoms with Crippen molar-refractivity contribution >= 4 is 29.9 Å². The van der Waals surface area contributed by atoms with Gasteiger partial charge in [-0.25, -0.2) is 0 Å². The van der Waals surface area contributed by atoms with E-state index in [2.05, 4.69) is 0 Å². The lowest BCUT2D eigenvalue weighted by Crippen LogP contribution is -2.42. The summed E-state index contributed by atoms with van der Waals surface area (Å²) in [6, 6.07) is 7.06. The van der Waals surface area contributed by atoms with Crippen LogP contribution in [-0.4, -0.2) is 23.9 Å². The van der Waals surface area contributed by atoms with E-state index >= 15 is 0 Å². The topological polar surface area (TPSA) is 46.3 Å². The van der Waals surface area contributed by atoms with Crippen LogP contribution in [-0.2, 0) is 4.79 Å². The first-order valence-corrected chi connectivity index (χ1v) is 6.63. The fraction of sp³-hybridized carbons (Fsp3) is 0.500. The quantitative estimate of drug-likeness (QED) is 0.906. The van der Waals surface area contributed by atoms with Gasteiger partial charge in [-0.3, -0.25) is 4.79 Å². The molecule has 108 valence electrons. The third-order valence-electron chi connectivity index (χ3n) is 3.20. The van der Waals surface area contributed by atoms with Crippen molar-refractivity contribution in [3.05, 3.63) is 34.9 Å². The highest BCUT2D eigenvalue weighted by atomic mass is 35.5. The maximum Gasteiger partial charge on any atom is 0.239 e. The van der Waals surface area contributed by atoms with Gasteiger partial charge in [0.15, 0.2) is 0 Å². The van der Waals surface area contributed by atoms with E-state index in [-0.39, 0.29) is 24.4 Å². The Balaban J connectivity index is 0.00000324. The summed E-state index contributed by atoms with van der Waals surface area (Å²) >= 11 is 6.14. The van der Waals surface area contributed by atoms with Gasteiger partial charge in [-0.15, -0.1) is 12.4 Å². The number of carbonyl (C=O) groups excluding carboxylic acids is 1. The number of carbonyl (C=O) groups is 1. The van der Waals surface area contributed by atoms with Crippen molar-refractivity contribution in [3.8, 4) is 0 Å². The van der Waals surface area contributed by atoms with Crippen LogP contribution in [0.5, 0.6) is 0 Å². The van der Waals surface area contributed by atoms with E-state index in [1.807, 2.05) is 38.1 Å². The molecule has 1 aromatic carbocycles. The molecule has 3 nitrogen and oxygen atoms in total. The van der Waals surface area contributed by atoms with Gasteiger partial charge in [0.2, 0.25) is 5.91 Å². The Morgan fingerprint density at radius 1 is 1.42 bits per heavy atom. The first kappa shape index (κ1) is 18.2. The van der Waals surface area contributed by atoms with Crippen molar-refractivity contribution in [2.24, 2.45) is 5.73 Å². The molecule has 0 fully saturated rings. The van der Waals surface area contributed by atoms with Gasteiger partial charge in [-0.1, -0.05) is 43.1 Å². The molecular formula is C14H22Cl2N2O. The molecule has 0 aromatic heterocycles. The fourth-order valence-corrected chi connectivity index (χ4v) is 2.20. The number of nitrogens with zero attached hydrogens (tertiary/aromatic N) is 1. The third kappa shape index (κ3) is 4.68. The van der Waals surface area contributed by atoms with Gasteiger partial charge in [0, 0.05) is 12.1 Å². The van der Waals surface area contributed by atoms with Crippen LogP contribution in [0, 0.1) is 0 Å². The molecular weight excluding hydrogens is 283 g/mol. The van der Waals surface area contributed by atoms with Crippen LogP contribution in [0.25, 0.3) is 0 Å². The van der Waals surface area contributed by atoms with Crippen LogP contribution in [0.15, 0.2) is 24.3 Å². The summed E-state index contributed by atoms with van der Waals surface area (Å²) in [5, 5.41) is 0.675. The van der Waals surface area contributed by atoms with E-state index < -0.39 is 6.04 Å². The first-order chi connectivity index (χ1) is 8.49. The molecule has 2 N–H and O–H groups in total. The molecule has 1 amide bonds. The van der Waals surface area contributed by atoms with Gasteiger partial charge in [-0.05, 0) is 25.0 Å². The zero-order chi connectivity index (χ0) is 13.7. The largest absolute Gasteiger partial charge is 0.338 e. The second kappa shape index (κ2) is 8.41. The van der Waals surface area contributed by atoms with Gasteiger partial charge in [0.1, 0.15) is 0 Å². The standard InChI is InChI=1S/C14H21ClN2O.ClH/c1-4-7-13(16)14(18)17(3)10(2)11-8-5-6-9-12(11)15;/h5-6,8-10,13H,4,7,16H2,1-3H3;1H. The Labute approximate surface area is 126 Å². The lowest BCUT2D eigenvalue weighted by atomic mass is 10.1. The molecule has 0 aliphatic carbocycles. The first-order valence-electron chi connectivity index (χ1n) is 6.25. The summed E-state index contributed by atoms with van der Waals surface area (Å²) in [6.07, 6.45) is 1.61. The van der Waals surface area contributed by atoms with E-state index in [1.165, 1.54) is 0 Å². The van der Waals surface area contributed by atoms with Crippen molar-refractivity contribution < 1.29 is 4.79 Å². The predicted octanol–water partition coefficient (Wildman–Crippen LogP) is 3.41. The third-order valence-corrected chi connectivity index (χ3v) is 3.54. The molecule has 1 rings (SSSR count). The number of halogens is 2. The highest BCUT2D eigenvalue weighted by molar-refractivity contribution is 6.31. The number of nitrogens with two attached hydrogens (primary N) is 1. The van der Waals surface area contributed by atoms with E-state index in [4.69, 9.17) is 17.3 Å². The number of rotatable bonds is 5. The van der Waals surface area contributed by atoms with Gasteiger partial charge >= 0.3 is 0 Å². The second-order valence-corrected chi connectivity index (χ2v) is 4.95. The Kier molecular flexibility index (Phi) is 8.07. The number of likely N-dealkylation sites (N-methyl/N-ethyl adjacent to an activating group) is 1. The van der Waals surface area contributed by atoms with Crippen LogP contribution >= 0.6 is 24.0 Å². The minimum atomic E-state index is -0.426. The maximum atomic E-state index is 12.1. The maximum absolute atomic E-state index is 12.1. The Morgan fingerprint density at radius 2 is 2.00 bits per heavy atom. The lowest BCUT2D eigenvalue weighted by molar-refractivity contribution is -0.133. The Bertz CT molecular complexity index is 412. The van der Waals surface area contributed by atoms with Gasteiger partial charge in [-0.2, -0.15) is 0 Å². The molecule has 2 atom stereocenters. The summed E-state index contributed by atoms with van der Waals surface area (Å²) < 4.78 is 0. The van der Waals surface area contributed by atoms with Gasteiger partial charge in [0.05, 0.1) is 12.1 Å². The van der Waals surface area contributed by atoms with E-state index in [9.17, 15) is 4.79 Å². The van der Waals surface area contributed by atoms with Crippen molar-refractivity contribution in [2.45, 2.75) is 38.8 Å². The summed E-state index contributed by atoms with van der Waals surface area (Å²) in [7, 11) is 1.77. The lowest BCUT2D eigenvalue weighted by Gasteiger charge is -2.28. The number of hydrogen-bond donors (Lipinski definition) is 1. The van der Waals surface area contributed by atoms with E-state index in [1.54, 1.807) is 11.9 Å². The summed E-state index contributed by atoms with van der Waals surface area (Å²) in [5.74, 6) is -0.0377. The van der Waals surface area contributed by atoms with Crippen LogP contribution in [0.2, 0.25) is 5.02 Å². The molecule has 0 aliphatic rings. The van der Waals surface area contributed by atoms with Crippen molar-refractivity contribution in [2.75, 3.05) is 7.05 Å². The minimum Gasteiger partial charge on any atom is -0.338 e. The second-order valence-electron chi connectivity index (χ2n) is 4.54. The van der Waals surface area contributed by atoms with Crippen LogP contribution < -0.4 is 5.73 Å². The van der Waals surface area contributed by atoms with Gasteiger partial charge < -0.3 is 10.6 Å². The smallest absolute Gasteiger partial charge is 0.239 e. The predicted molar refractivity (Wildman–Crippen MR) is 82.8 cm³/mol. The molecule has 5 heteroatoms. The molecule has 19 heavy (non-hydrogen) atoms. The van der Waals surface area contributed by atoms with Crippen molar-refractivity contribution in [3.63, 3.8) is 0 Å². The monoisotopic (exact) mass is 304 g/mol. The SMILES string of the molecule is CCCC(N)C(=O)N(C)C(C)c1ccccc1Cl.Cl. The van der Waals surface area contributed by atoms with Crippen LogP contribution in [0.4, 0.5) is 0 Å². The summed E-state index contributed by atoms with van der Waals surface area (Å²) in [6.45, 7) is 3.97.